The first-order valence-corrected chi connectivity index (χ1v) is 4.11. The van der Waals surface area contributed by atoms with Gasteiger partial charge in [-0.3, -0.25) is 0 Å². The van der Waals surface area contributed by atoms with E-state index in [2.05, 4.69) is 4.72 Å². The predicted molar refractivity (Wildman–Crippen MR) is 41.6 cm³/mol. The highest BCUT2D eigenvalue weighted by atomic mass is 32.2. The molecule has 0 fully saturated rings. The molecular formula is C7H6N2OS. The topological polar surface area (TPSA) is 52.9 Å². The van der Waals surface area contributed by atoms with E-state index in [1.54, 1.807) is 30.5 Å². The van der Waals surface area contributed by atoms with Crippen LogP contribution in [-0.2, 0) is 11.0 Å². The molecule has 0 saturated carbocycles. The number of hydrogen-bond donors (Lipinski definition) is 1. The highest BCUT2D eigenvalue weighted by molar-refractivity contribution is 7.83. The van der Waals surface area contributed by atoms with Gasteiger partial charge < -0.3 is 0 Å². The Bertz CT molecular complexity index is 291. The molecular weight excluding hydrogens is 160 g/mol. The summed E-state index contributed by atoms with van der Waals surface area (Å²) in [5.74, 6) is 0. The van der Waals surface area contributed by atoms with Crippen molar-refractivity contribution in [3.63, 3.8) is 0 Å². The van der Waals surface area contributed by atoms with Crippen LogP contribution in [0, 0.1) is 11.5 Å². The average Bonchev–Trinajstić information content (AvgIpc) is 2.07. The second-order valence-electron chi connectivity index (χ2n) is 1.80. The molecule has 3 nitrogen and oxygen atoms in total. The third kappa shape index (κ3) is 2.06. The van der Waals surface area contributed by atoms with Crippen molar-refractivity contribution in [3.8, 4) is 6.19 Å². The molecule has 1 aromatic carbocycles. The summed E-state index contributed by atoms with van der Waals surface area (Å²) in [5, 5.41) is 8.14. The van der Waals surface area contributed by atoms with Crippen molar-refractivity contribution >= 4 is 11.0 Å². The van der Waals surface area contributed by atoms with Gasteiger partial charge in [-0.15, -0.1) is 0 Å². The number of hydrogen-bond acceptors (Lipinski definition) is 2. The zero-order valence-electron chi connectivity index (χ0n) is 5.65. The summed E-state index contributed by atoms with van der Waals surface area (Å²) >= 11 is 0. The number of nitrogens with one attached hydrogen (secondary N) is 1. The van der Waals surface area contributed by atoms with Gasteiger partial charge in [0.25, 0.3) is 0 Å². The monoisotopic (exact) mass is 166 g/mol. The maximum Gasteiger partial charge on any atom is 0.189 e. The lowest BCUT2D eigenvalue weighted by Crippen LogP contribution is -2.09. The van der Waals surface area contributed by atoms with Crippen LogP contribution < -0.4 is 4.72 Å². The SMILES string of the molecule is N#CNS(=O)c1ccccc1. The van der Waals surface area contributed by atoms with E-state index in [1.165, 1.54) is 0 Å². The van der Waals surface area contributed by atoms with Gasteiger partial charge in [0.1, 0.15) is 0 Å². The first-order chi connectivity index (χ1) is 5.34. The predicted octanol–water partition coefficient (Wildman–Crippen LogP) is 0.780. The summed E-state index contributed by atoms with van der Waals surface area (Å²) in [6, 6.07) is 8.76. The van der Waals surface area contributed by atoms with Crippen molar-refractivity contribution in [1.29, 1.82) is 5.26 Å². The Morgan fingerprint density at radius 1 is 1.36 bits per heavy atom. The largest absolute Gasteiger partial charge is 0.237 e. The standard InChI is InChI=1S/C7H6N2OS/c8-6-9-11(10)7-4-2-1-3-5-7/h1-5,9H. The van der Waals surface area contributed by atoms with Crippen LogP contribution in [0.15, 0.2) is 35.2 Å². The van der Waals surface area contributed by atoms with E-state index in [9.17, 15) is 4.21 Å². The molecule has 0 amide bonds. The van der Waals surface area contributed by atoms with Gasteiger partial charge in [-0.25, -0.2) is 8.93 Å². The van der Waals surface area contributed by atoms with Gasteiger partial charge in [0.05, 0.1) is 4.90 Å². The molecule has 0 aliphatic rings. The molecule has 1 rings (SSSR count). The lowest BCUT2D eigenvalue weighted by atomic mass is 10.4. The highest BCUT2D eigenvalue weighted by Crippen LogP contribution is 2.01. The van der Waals surface area contributed by atoms with E-state index in [1.807, 2.05) is 6.07 Å². The molecule has 0 aromatic heterocycles. The number of rotatable bonds is 2. The third-order valence-corrected chi connectivity index (χ3v) is 2.07. The van der Waals surface area contributed by atoms with Crippen molar-refractivity contribution in [1.82, 2.24) is 4.72 Å². The summed E-state index contributed by atoms with van der Waals surface area (Å²) in [4.78, 5) is 0.606. The minimum absolute atomic E-state index is 0.606. The van der Waals surface area contributed by atoms with E-state index >= 15 is 0 Å². The smallest absolute Gasteiger partial charge is 0.189 e. The van der Waals surface area contributed by atoms with Crippen molar-refractivity contribution in [2.24, 2.45) is 0 Å². The number of benzene rings is 1. The van der Waals surface area contributed by atoms with Crippen molar-refractivity contribution in [2.45, 2.75) is 4.90 Å². The van der Waals surface area contributed by atoms with Gasteiger partial charge in [0.2, 0.25) is 0 Å². The fourth-order valence-electron chi connectivity index (χ4n) is 0.644. The van der Waals surface area contributed by atoms with E-state index in [0.717, 1.165) is 0 Å². The van der Waals surface area contributed by atoms with Crippen LogP contribution in [-0.4, -0.2) is 4.21 Å². The molecule has 0 bridgehead atoms. The van der Waals surface area contributed by atoms with Crippen LogP contribution in [0.2, 0.25) is 0 Å². The molecule has 1 aromatic rings. The van der Waals surface area contributed by atoms with E-state index in [-0.39, 0.29) is 0 Å². The minimum Gasteiger partial charge on any atom is -0.237 e. The second-order valence-corrected chi connectivity index (χ2v) is 3.01. The maximum atomic E-state index is 11.0. The molecule has 0 spiro atoms. The van der Waals surface area contributed by atoms with Gasteiger partial charge in [0.15, 0.2) is 17.2 Å². The van der Waals surface area contributed by atoms with Crippen molar-refractivity contribution in [3.05, 3.63) is 30.3 Å². The Morgan fingerprint density at radius 2 is 2.00 bits per heavy atom. The van der Waals surface area contributed by atoms with E-state index in [0.29, 0.717) is 4.90 Å². The fourth-order valence-corrected chi connectivity index (χ4v) is 1.25. The highest BCUT2D eigenvalue weighted by Gasteiger charge is 1.98. The first kappa shape index (κ1) is 7.76. The van der Waals surface area contributed by atoms with Gasteiger partial charge in [-0.2, -0.15) is 5.26 Å². The zero-order valence-corrected chi connectivity index (χ0v) is 6.47. The molecule has 0 aliphatic heterocycles. The maximum absolute atomic E-state index is 11.0. The molecule has 1 unspecified atom stereocenters. The quantitative estimate of drug-likeness (QED) is 0.521. The van der Waals surface area contributed by atoms with Crippen molar-refractivity contribution < 1.29 is 4.21 Å². The summed E-state index contributed by atoms with van der Waals surface area (Å²) in [6.07, 6.45) is 1.62. The minimum atomic E-state index is -1.39. The van der Waals surface area contributed by atoms with Crippen molar-refractivity contribution in [2.75, 3.05) is 0 Å². The summed E-state index contributed by atoms with van der Waals surface area (Å²) in [5.41, 5.74) is 0. The van der Waals surface area contributed by atoms with Crippen LogP contribution in [0.3, 0.4) is 0 Å². The lowest BCUT2D eigenvalue weighted by molar-refractivity contribution is 0.680. The average molecular weight is 166 g/mol. The number of nitrogens with zero attached hydrogens (tertiary/aromatic N) is 1. The fraction of sp³-hybridized carbons (Fsp3) is 0. The van der Waals surface area contributed by atoms with Crippen LogP contribution in [0.5, 0.6) is 0 Å². The van der Waals surface area contributed by atoms with Crippen LogP contribution in [0.1, 0.15) is 0 Å². The van der Waals surface area contributed by atoms with Crippen LogP contribution in [0.4, 0.5) is 0 Å². The summed E-state index contributed by atoms with van der Waals surface area (Å²) < 4.78 is 13.2. The third-order valence-electron chi connectivity index (χ3n) is 1.10. The molecule has 11 heavy (non-hydrogen) atoms. The second kappa shape index (κ2) is 3.74. The van der Waals surface area contributed by atoms with Gasteiger partial charge in [0, 0.05) is 0 Å². The van der Waals surface area contributed by atoms with Gasteiger partial charge in [-0.1, -0.05) is 18.2 Å². The molecule has 1 N–H and O–H groups in total. The van der Waals surface area contributed by atoms with E-state index in [4.69, 9.17) is 5.26 Å². The van der Waals surface area contributed by atoms with Gasteiger partial charge in [-0.05, 0) is 12.1 Å². The molecule has 0 heterocycles. The lowest BCUT2D eigenvalue weighted by Gasteiger charge is -1.95. The van der Waals surface area contributed by atoms with Gasteiger partial charge >= 0.3 is 0 Å². The Hall–Kier alpha value is -1.34. The molecule has 0 radical (unpaired) electrons. The molecule has 0 aliphatic carbocycles. The summed E-state index contributed by atoms with van der Waals surface area (Å²) in [7, 11) is -1.39. The molecule has 4 heteroatoms. The summed E-state index contributed by atoms with van der Waals surface area (Å²) in [6.45, 7) is 0. The van der Waals surface area contributed by atoms with Crippen LogP contribution in [0.25, 0.3) is 0 Å². The zero-order chi connectivity index (χ0) is 8.10. The normalized spacial score (nSPS) is 11.5. The first-order valence-electron chi connectivity index (χ1n) is 2.96. The Labute approximate surface area is 67.2 Å². The molecule has 1 atom stereocenters. The Balaban J connectivity index is 2.79. The molecule has 0 saturated heterocycles. The van der Waals surface area contributed by atoms with Crippen LogP contribution >= 0.6 is 0 Å². The number of nitriles is 1. The van der Waals surface area contributed by atoms with E-state index < -0.39 is 11.0 Å². The Kier molecular flexibility index (Phi) is 2.64. The molecule has 56 valence electrons. The Morgan fingerprint density at radius 3 is 2.55 bits per heavy atom.